The van der Waals surface area contributed by atoms with Crippen LogP contribution in [0, 0.1) is 11.3 Å². The second-order valence-electron chi connectivity index (χ2n) is 15.9. The van der Waals surface area contributed by atoms with Gasteiger partial charge >= 0.3 is 12.1 Å². The molecule has 62 heavy (non-hydrogen) atoms. The Hall–Kier alpha value is -6.19. The number of hydrogen-bond donors (Lipinski definition) is 2. The van der Waals surface area contributed by atoms with E-state index in [2.05, 4.69) is 18.0 Å². The Morgan fingerprint density at radius 2 is 1.65 bits per heavy atom. The predicted molar refractivity (Wildman–Crippen MR) is 219 cm³/mol. The first-order valence-electron chi connectivity index (χ1n) is 20.4. The maximum absolute atomic E-state index is 13.8. The Labute approximate surface area is 357 Å². The highest BCUT2D eigenvalue weighted by Crippen LogP contribution is 2.41. The summed E-state index contributed by atoms with van der Waals surface area (Å²) in [6.07, 6.45) is 3.31. The van der Waals surface area contributed by atoms with E-state index in [0.29, 0.717) is 53.7 Å². The molecule has 4 saturated heterocycles. The molecule has 5 heterocycles. The van der Waals surface area contributed by atoms with Gasteiger partial charge in [-0.05, 0) is 61.6 Å². The molecule has 1 amide bonds. The number of ketones is 2. The molecule has 3 N–H and O–H groups in total. The van der Waals surface area contributed by atoms with E-state index in [-0.39, 0.29) is 17.5 Å². The maximum Gasteiger partial charge on any atom is 0.490 e. The van der Waals surface area contributed by atoms with E-state index in [1.54, 1.807) is 25.7 Å². The van der Waals surface area contributed by atoms with Gasteiger partial charge in [0.1, 0.15) is 29.0 Å². The quantitative estimate of drug-likeness (QED) is 0.193. The van der Waals surface area contributed by atoms with Gasteiger partial charge in [0, 0.05) is 72.6 Å². The van der Waals surface area contributed by atoms with E-state index < -0.39 is 23.1 Å². The van der Waals surface area contributed by atoms with Crippen molar-refractivity contribution in [2.24, 2.45) is 12.8 Å². The number of aromatic nitrogens is 2. The number of aryl methyl sites for hydroxylation is 1. The second kappa shape index (κ2) is 18.4. The van der Waals surface area contributed by atoms with Crippen LogP contribution in [0.25, 0.3) is 0 Å². The summed E-state index contributed by atoms with van der Waals surface area (Å²) in [4.78, 5) is 59.3. The fraction of sp³-hybridized carbons (Fsp3) is 0.455. The van der Waals surface area contributed by atoms with Crippen molar-refractivity contribution in [2.75, 3.05) is 66.1 Å². The molecule has 5 aliphatic rings. The Bertz CT molecular complexity index is 2300. The fourth-order valence-corrected chi connectivity index (χ4v) is 7.74. The van der Waals surface area contributed by atoms with Crippen molar-refractivity contribution in [3.05, 3.63) is 101 Å². The van der Waals surface area contributed by atoms with E-state index in [9.17, 15) is 32.8 Å². The number of rotatable bonds is 12. The average Bonchev–Trinajstić information content (AvgIpc) is 4.09. The number of benzene rings is 2. The number of nitriles is 1. The van der Waals surface area contributed by atoms with Gasteiger partial charge in [-0.25, -0.2) is 9.78 Å². The molecule has 15 nitrogen and oxygen atoms in total. The van der Waals surface area contributed by atoms with Crippen LogP contribution >= 0.6 is 0 Å². The molecular formula is C44H51F3N8O7. The van der Waals surface area contributed by atoms with Crippen molar-refractivity contribution in [1.82, 2.24) is 29.2 Å². The van der Waals surface area contributed by atoms with E-state index in [0.717, 1.165) is 81.9 Å². The molecule has 0 saturated carbocycles. The highest BCUT2D eigenvalue weighted by atomic mass is 19.4. The summed E-state index contributed by atoms with van der Waals surface area (Å²) in [5, 5.41) is 16.9. The summed E-state index contributed by atoms with van der Waals surface area (Å²) in [6, 6.07) is 15.3. The molecular weight excluding hydrogens is 810 g/mol. The Kier molecular flexibility index (Phi) is 13.5. The number of nitrogens with two attached hydrogens (primary N) is 1. The van der Waals surface area contributed by atoms with Gasteiger partial charge in [-0.15, -0.1) is 0 Å². The number of methoxy groups -OCH3 is 1. The third-order valence-corrected chi connectivity index (χ3v) is 11.5. The van der Waals surface area contributed by atoms with Crippen LogP contribution in [0.1, 0.15) is 61.9 Å². The van der Waals surface area contributed by atoms with Gasteiger partial charge in [0.2, 0.25) is 17.5 Å². The zero-order valence-electron chi connectivity index (χ0n) is 35.2. The number of carboxylic acid groups (broad SMARTS) is 1. The van der Waals surface area contributed by atoms with E-state index in [1.807, 2.05) is 74.5 Å². The molecule has 0 bridgehead atoms. The Morgan fingerprint density at radius 3 is 2.21 bits per heavy atom. The Balaban J connectivity index is 0.000000216. The van der Waals surface area contributed by atoms with Gasteiger partial charge in [0.15, 0.2) is 0 Å². The minimum Gasteiger partial charge on any atom is -0.475 e. The number of halogens is 3. The van der Waals surface area contributed by atoms with Crippen molar-refractivity contribution >= 4 is 23.4 Å². The van der Waals surface area contributed by atoms with E-state index >= 15 is 0 Å². The van der Waals surface area contributed by atoms with Crippen LogP contribution in [0.3, 0.4) is 0 Å². The number of hydrogen-bond acceptors (Lipinski definition) is 12. The molecule has 2 aromatic carbocycles. The number of amides is 1. The highest BCUT2D eigenvalue weighted by molar-refractivity contribution is 6.22. The third kappa shape index (κ3) is 9.95. The molecule has 1 aromatic heterocycles. The summed E-state index contributed by atoms with van der Waals surface area (Å²) in [5.41, 5.74) is 10.1. The number of nitrogens with zero attached hydrogens (tertiary/aromatic N) is 7. The molecule has 2 atom stereocenters. The minimum atomic E-state index is -5.08. The lowest BCUT2D eigenvalue weighted by Gasteiger charge is -2.35. The summed E-state index contributed by atoms with van der Waals surface area (Å²) in [6.45, 7) is 11.2. The van der Waals surface area contributed by atoms with Crippen LogP contribution in [0.5, 0.6) is 11.5 Å². The smallest absolute Gasteiger partial charge is 0.475 e. The summed E-state index contributed by atoms with van der Waals surface area (Å²) in [5.74, 6) is -1.58. The number of alkyl halides is 3. The molecule has 1 aliphatic carbocycles. The van der Waals surface area contributed by atoms with Crippen molar-refractivity contribution in [1.29, 1.82) is 5.26 Å². The molecule has 4 fully saturated rings. The molecule has 18 heteroatoms. The maximum atomic E-state index is 13.8. The van der Waals surface area contributed by atoms with Gasteiger partial charge < -0.3 is 44.5 Å². The number of carbonyl (C=O) groups excluding carboxylic acids is 3. The van der Waals surface area contributed by atoms with Gasteiger partial charge in [-0.2, -0.15) is 18.4 Å². The lowest BCUT2D eigenvalue weighted by molar-refractivity contribution is -0.192. The topological polar surface area (TPSA) is 187 Å². The SMILES string of the molecule is CCC1(c2cccc(Oc3cc(C(C)(N)c4cncn4C)ccc3C#N)c2)CCCCN(CCOC)C1=O.O=C(O)C(F)(F)F.O=C1C=C(N2CC2)C(=O)C(N2CC2)=C1N1CC1. The number of likely N-dealkylation sites (tertiary alicyclic amines) is 1. The zero-order chi connectivity index (χ0) is 45.0. The number of carbonyl (C=O) groups is 4. The van der Waals surface area contributed by atoms with Crippen molar-refractivity contribution in [3.63, 3.8) is 0 Å². The Morgan fingerprint density at radius 1 is 0.984 bits per heavy atom. The van der Waals surface area contributed by atoms with E-state index in [4.69, 9.17) is 25.1 Å². The molecule has 0 spiro atoms. The van der Waals surface area contributed by atoms with Gasteiger partial charge in [-0.1, -0.05) is 31.5 Å². The molecule has 330 valence electrons. The third-order valence-electron chi connectivity index (χ3n) is 11.5. The summed E-state index contributed by atoms with van der Waals surface area (Å²) in [7, 11) is 3.55. The summed E-state index contributed by atoms with van der Waals surface area (Å²) >= 11 is 0. The number of allylic oxidation sites excluding steroid dienone is 1. The first-order valence-corrected chi connectivity index (χ1v) is 20.4. The first kappa shape index (κ1) is 45.3. The number of ether oxygens (including phenoxy) is 2. The van der Waals surface area contributed by atoms with Crippen LogP contribution < -0.4 is 10.5 Å². The van der Waals surface area contributed by atoms with Crippen molar-refractivity contribution in [3.8, 4) is 17.6 Å². The molecule has 2 unspecified atom stereocenters. The normalized spacial score (nSPS) is 20.5. The van der Waals surface area contributed by atoms with Crippen molar-refractivity contribution in [2.45, 2.75) is 56.7 Å². The van der Waals surface area contributed by atoms with Gasteiger partial charge in [-0.3, -0.25) is 14.4 Å². The number of aliphatic carboxylic acids is 1. The minimum absolute atomic E-state index is 0.00546. The monoisotopic (exact) mass is 860 g/mol. The molecule has 4 aliphatic heterocycles. The lowest BCUT2D eigenvalue weighted by Crippen LogP contribution is -2.46. The van der Waals surface area contributed by atoms with Crippen LogP contribution in [0.4, 0.5) is 13.2 Å². The van der Waals surface area contributed by atoms with E-state index in [1.165, 1.54) is 6.08 Å². The van der Waals surface area contributed by atoms with Crippen LogP contribution in [-0.2, 0) is 41.9 Å². The zero-order valence-corrected chi connectivity index (χ0v) is 35.2. The van der Waals surface area contributed by atoms with Crippen LogP contribution in [0.15, 0.2) is 78.2 Å². The van der Waals surface area contributed by atoms with Gasteiger partial charge in [0.25, 0.3) is 0 Å². The standard InChI is InChI=1S/C30H37N5O3.C12H13N3O2.C2HF3O2/c1-5-30(13-6-7-14-35(28(30)36)15-16-37-4)24-9-8-10-25(17-24)38-26-18-23(12-11-22(26)19-31)29(2,32)27-20-33-21-34(27)3;16-9-7-8(13-1-2-13)12(17)11(15-5-6-15)10(9)14-3-4-14;3-2(4,5)1(6)7/h8-12,17-18,20-21H,5-7,13-16,32H2,1-4H3;7H,1-6H2;(H,6,7). The van der Waals surface area contributed by atoms with Crippen molar-refractivity contribution < 1.29 is 46.9 Å². The summed E-state index contributed by atoms with van der Waals surface area (Å²) < 4.78 is 45.2. The highest BCUT2D eigenvalue weighted by Gasteiger charge is 2.44. The van der Waals surface area contributed by atoms with Crippen LogP contribution in [-0.4, -0.2) is 130 Å². The molecule has 3 aromatic rings. The number of imidazole rings is 1. The number of carboxylic acids is 1. The second-order valence-corrected chi connectivity index (χ2v) is 15.9. The first-order chi connectivity index (χ1) is 29.5. The molecule has 0 radical (unpaired) electrons. The lowest BCUT2D eigenvalue weighted by atomic mass is 9.73. The fourth-order valence-electron chi connectivity index (χ4n) is 7.74. The number of Topliss-reactive ketones (excluding diaryl/α,β-unsaturated/α-hetero) is 1. The average molecular weight is 861 g/mol. The van der Waals surface area contributed by atoms with Gasteiger partial charge in [0.05, 0.1) is 47.0 Å². The largest absolute Gasteiger partial charge is 0.490 e. The predicted octanol–water partition coefficient (Wildman–Crippen LogP) is 4.43. The van der Waals surface area contributed by atoms with Crippen LogP contribution in [0.2, 0.25) is 0 Å². The molecule has 8 rings (SSSR count).